The maximum atomic E-state index is 12.6. The highest BCUT2D eigenvalue weighted by molar-refractivity contribution is 7.99. The first kappa shape index (κ1) is 16.8. The lowest BCUT2D eigenvalue weighted by atomic mass is 10.0. The van der Waals surface area contributed by atoms with Crippen molar-refractivity contribution in [3.8, 4) is 0 Å². The first-order chi connectivity index (χ1) is 10.5. The molecule has 0 saturated heterocycles. The Balaban J connectivity index is 2.36. The number of benzene rings is 1. The summed E-state index contributed by atoms with van der Waals surface area (Å²) in [4.78, 5) is 17.2. The fourth-order valence-electron chi connectivity index (χ4n) is 2.67. The van der Waals surface area contributed by atoms with E-state index < -0.39 is 0 Å². The molecule has 0 saturated carbocycles. The summed E-state index contributed by atoms with van der Waals surface area (Å²) in [6.07, 6.45) is 1.93. The van der Waals surface area contributed by atoms with Crippen LogP contribution < -0.4 is 5.32 Å². The van der Waals surface area contributed by atoms with Crippen molar-refractivity contribution in [2.75, 3.05) is 12.9 Å². The highest BCUT2D eigenvalue weighted by Crippen LogP contribution is 2.23. The van der Waals surface area contributed by atoms with Crippen molar-refractivity contribution in [2.24, 2.45) is 0 Å². The van der Waals surface area contributed by atoms with Gasteiger partial charge in [-0.15, -0.1) is 0 Å². The Hall–Kier alpha value is -1.59. The van der Waals surface area contributed by atoms with Crippen LogP contribution in [0.2, 0.25) is 0 Å². The molecule has 0 spiro atoms. The van der Waals surface area contributed by atoms with Crippen molar-refractivity contribution in [1.82, 2.24) is 10.3 Å². The lowest BCUT2D eigenvalue weighted by molar-refractivity contribution is 0.0934. The number of carbonyl (C=O) groups excluding carboxylic acids is 1. The van der Waals surface area contributed by atoms with Crippen molar-refractivity contribution in [1.29, 1.82) is 0 Å². The van der Waals surface area contributed by atoms with E-state index in [1.165, 1.54) is 0 Å². The van der Waals surface area contributed by atoms with Gasteiger partial charge in [-0.25, -0.2) is 0 Å². The lowest BCUT2D eigenvalue weighted by Gasteiger charge is -2.22. The molecule has 1 aromatic heterocycles. The number of carbonyl (C=O) groups is 1. The number of nitrogens with zero attached hydrogens (tertiary/aromatic N) is 1. The average molecular weight is 318 g/mol. The Bertz CT molecular complexity index is 684. The van der Waals surface area contributed by atoms with Crippen LogP contribution in [-0.4, -0.2) is 40.2 Å². The summed E-state index contributed by atoms with van der Waals surface area (Å²) in [6.45, 7) is 5.76. The zero-order valence-corrected chi connectivity index (χ0v) is 14.2. The average Bonchev–Trinajstić information content (AvgIpc) is 2.48. The Kier molecular flexibility index (Phi) is 5.42. The smallest absolute Gasteiger partial charge is 0.253 e. The Labute approximate surface area is 135 Å². The SMILES string of the molecule is CS[C@H](CO)[C@H](C)NC(=O)c1c(C)nc2ccccc2c1C. The number of aromatic nitrogens is 1. The Morgan fingerprint density at radius 2 is 2.05 bits per heavy atom. The van der Waals surface area contributed by atoms with E-state index in [4.69, 9.17) is 0 Å². The van der Waals surface area contributed by atoms with Crippen molar-refractivity contribution < 1.29 is 9.90 Å². The van der Waals surface area contributed by atoms with Crippen LogP contribution in [0.25, 0.3) is 10.9 Å². The lowest BCUT2D eigenvalue weighted by Crippen LogP contribution is -2.41. The predicted octanol–water partition coefficient (Wildman–Crippen LogP) is 2.69. The van der Waals surface area contributed by atoms with Crippen molar-refractivity contribution in [3.63, 3.8) is 0 Å². The highest BCUT2D eigenvalue weighted by atomic mass is 32.2. The number of hydrogen-bond donors (Lipinski definition) is 2. The Morgan fingerprint density at radius 3 is 2.68 bits per heavy atom. The number of rotatable bonds is 5. The van der Waals surface area contributed by atoms with Gasteiger partial charge in [0.25, 0.3) is 5.91 Å². The molecule has 1 heterocycles. The van der Waals surface area contributed by atoms with Crippen molar-refractivity contribution >= 4 is 28.6 Å². The third-order valence-corrected chi connectivity index (χ3v) is 5.12. The minimum Gasteiger partial charge on any atom is -0.395 e. The van der Waals surface area contributed by atoms with Gasteiger partial charge in [-0.1, -0.05) is 18.2 Å². The molecule has 4 nitrogen and oxygen atoms in total. The maximum absolute atomic E-state index is 12.6. The summed E-state index contributed by atoms with van der Waals surface area (Å²) < 4.78 is 0. The molecule has 2 N–H and O–H groups in total. The van der Waals surface area contributed by atoms with Crippen LogP contribution in [0.5, 0.6) is 0 Å². The highest BCUT2D eigenvalue weighted by Gasteiger charge is 2.21. The van der Waals surface area contributed by atoms with E-state index in [-0.39, 0.29) is 23.8 Å². The molecule has 0 bridgehead atoms. The van der Waals surface area contributed by atoms with E-state index in [2.05, 4.69) is 10.3 Å². The predicted molar refractivity (Wildman–Crippen MR) is 92.5 cm³/mol. The molecule has 5 heteroatoms. The van der Waals surface area contributed by atoms with Gasteiger partial charge >= 0.3 is 0 Å². The molecule has 2 aromatic rings. The standard InChI is InChI=1S/C17H22N2O2S/c1-10-13-7-5-6-8-14(13)18-12(3)16(10)17(21)19-11(2)15(9-20)22-4/h5-8,11,15,20H,9H2,1-4H3,(H,19,21)/t11-,15+/m0/s1. The van der Waals surface area contributed by atoms with Gasteiger partial charge in [0.2, 0.25) is 0 Å². The van der Waals surface area contributed by atoms with Crippen molar-refractivity contribution in [2.45, 2.75) is 32.1 Å². The number of aryl methyl sites for hydroxylation is 2. The number of amides is 1. The van der Waals surface area contributed by atoms with Gasteiger partial charge in [0.15, 0.2) is 0 Å². The zero-order chi connectivity index (χ0) is 16.3. The number of nitrogens with one attached hydrogen (secondary N) is 1. The van der Waals surface area contributed by atoms with Gasteiger partial charge in [-0.3, -0.25) is 9.78 Å². The number of thioether (sulfide) groups is 1. The van der Waals surface area contributed by atoms with Crippen LogP contribution in [-0.2, 0) is 0 Å². The molecule has 0 radical (unpaired) electrons. The summed E-state index contributed by atoms with van der Waals surface area (Å²) in [6, 6.07) is 7.72. The number of aliphatic hydroxyl groups excluding tert-OH is 1. The first-order valence-corrected chi connectivity index (χ1v) is 8.58. The minimum absolute atomic E-state index is 0.0158. The minimum atomic E-state index is -0.131. The fraction of sp³-hybridized carbons (Fsp3) is 0.412. The number of hydrogen-bond acceptors (Lipinski definition) is 4. The van der Waals surface area contributed by atoms with Crippen LogP contribution in [0.3, 0.4) is 0 Å². The third kappa shape index (κ3) is 3.25. The molecule has 0 aliphatic rings. The van der Waals surface area contributed by atoms with Gasteiger partial charge < -0.3 is 10.4 Å². The van der Waals surface area contributed by atoms with E-state index in [0.717, 1.165) is 22.2 Å². The monoisotopic (exact) mass is 318 g/mol. The largest absolute Gasteiger partial charge is 0.395 e. The van der Waals surface area contributed by atoms with Crippen LogP contribution in [0.4, 0.5) is 0 Å². The summed E-state index contributed by atoms with van der Waals surface area (Å²) in [5.41, 5.74) is 3.20. The number of aliphatic hydroxyl groups is 1. The van der Waals surface area contributed by atoms with E-state index in [1.807, 2.05) is 51.3 Å². The summed E-state index contributed by atoms with van der Waals surface area (Å²) >= 11 is 1.55. The second-order valence-corrected chi connectivity index (χ2v) is 6.51. The van der Waals surface area contributed by atoms with Gasteiger partial charge in [0.1, 0.15) is 0 Å². The molecule has 118 valence electrons. The maximum Gasteiger partial charge on any atom is 0.253 e. The summed E-state index contributed by atoms with van der Waals surface area (Å²) in [5.74, 6) is -0.131. The molecule has 2 atom stereocenters. The summed E-state index contributed by atoms with van der Waals surface area (Å²) in [7, 11) is 0. The van der Waals surface area contributed by atoms with Crippen LogP contribution in [0.15, 0.2) is 24.3 Å². The number of pyridine rings is 1. The molecule has 22 heavy (non-hydrogen) atoms. The van der Waals surface area contributed by atoms with E-state index in [9.17, 15) is 9.90 Å². The molecular formula is C17H22N2O2S. The Morgan fingerprint density at radius 1 is 1.36 bits per heavy atom. The fourth-order valence-corrected chi connectivity index (χ4v) is 3.30. The molecule has 0 aliphatic heterocycles. The second-order valence-electron chi connectivity index (χ2n) is 5.43. The molecule has 0 aliphatic carbocycles. The van der Waals surface area contributed by atoms with E-state index in [0.29, 0.717) is 5.56 Å². The summed E-state index contributed by atoms with van der Waals surface area (Å²) in [5, 5.41) is 13.3. The van der Waals surface area contributed by atoms with Gasteiger partial charge in [-0.2, -0.15) is 11.8 Å². The molecule has 2 rings (SSSR count). The van der Waals surface area contributed by atoms with Crippen LogP contribution >= 0.6 is 11.8 Å². The number of fused-ring (bicyclic) bond motifs is 1. The van der Waals surface area contributed by atoms with Crippen molar-refractivity contribution in [3.05, 3.63) is 41.1 Å². The van der Waals surface area contributed by atoms with Gasteiger partial charge in [0, 0.05) is 16.7 Å². The van der Waals surface area contributed by atoms with Crippen LogP contribution in [0.1, 0.15) is 28.5 Å². The van der Waals surface area contributed by atoms with E-state index >= 15 is 0 Å². The van der Waals surface area contributed by atoms with Crippen LogP contribution in [0, 0.1) is 13.8 Å². The van der Waals surface area contributed by atoms with Gasteiger partial charge in [0.05, 0.1) is 23.4 Å². The quantitative estimate of drug-likeness (QED) is 0.890. The van der Waals surface area contributed by atoms with E-state index in [1.54, 1.807) is 11.8 Å². The molecule has 0 fully saturated rings. The molecule has 0 unspecified atom stereocenters. The second kappa shape index (κ2) is 7.11. The molecular weight excluding hydrogens is 296 g/mol. The number of para-hydroxylation sites is 1. The topological polar surface area (TPSA) is 62.2 Å². The molecule has 1 amide bonds. The normalized spacial score (nSPS) is 13.9. The first-order valence-electron chi connectivity index (χ1n) is 7.30. The molecule has 1 aromatic carbocycles. The van der Waals surface area contributed by atoms with Gasteiger partial charge in [-0.05, 0) is 38.7 Å². The zero-order valence-electron chi connectivity index (χ0n) is 13.4. The third-order valence-electron chi connectivity index (χ3n) is 3.96.